The van der Waals surface area contributed by atoms with Crippen LogP contribution in [0.25, 0.3) is 0 Å². The van der Waals surface area contributed by atoms with Crippen LogP contribution in [0.1, 0.15) is 39.2 Å². The quantitative estimate of drug-likeness (QED) is 0.777. The van der Waals surface area contributed by atoms with Gasteiger partial charge in [-0.05, 0) is 45.2 Å². The SMILES string of the molecule is CC(C)(C)OC(=O)N1CCC(S(=O)Cc2ccc(Cl)nc2)CC1. The van der Waals surface area contributed by atoms with Gasteiger partial charge in [0.2, 0.25) is 0 Å². The van der Waals surface area contributed by atoms with Crippen molar-refractivity contribution < 1.29 is 13.7 Å². The summed E-state index contributed by atoms with van der Waals surface area (Å²) in [5.74, 6) is 0.473. The van der Waals surface area contributed by atoms with Gasteiger partial charge in [-0.2, -0.15) is 0 Å². The van der Waals surface area contributed by atoms with Gasteiger partial charge in [-0.1, -0.05) is 17.7 Å². The number of likely N-dealkylation sites (tertiary alicyclic amines) is 1. The van der Waals surface area contributed by atoms with Crippen molar-refractivity contribution in [2.75, 3.05) is 13.1 Å². The Labute approximate surface area is 144 Å². The number of carbonyl (C=O) groups excluding carboxylic acids is 1. The minimum Gasteiger partial charge on any atom is -0.444 e. The molecule has 0 saturated carbocycles. The van der Waals surface area contributed by atoms with Crippen LogP contribution in [-0.4, -0.2) is 44.1 Å². The molecule has 1 aromatic heterocycles. The van der Waals surface area contributed by atoms with Crippen LogP contribution in [0.2, 0.25) is 5.15 Å². The Kier molecular flexibility index (Phi) is 6.03. The molecule has 0 bridgehead atoms. The molecule has 5 nitrogen and oxygen atoms in total. The van der Waals surface area contributed by atoms with E-state index in [0.29, 0.717) is 24.0 Å². The molecule has 1 atom stereocenters. The largest absolute Gasteiger partial charge is 0.444 e. The first-order valence-corrected chi connectivity index (χ1v) is 9.46. The minimum absolute atomic E-state index is 0.101. The Morgan fingerprint density at radius 3 is 2.57 bits per heavy atom. The van der Waals surface area contributed by atoms with E-state index in [0.717, 1.165) is 18.4 Å². The second-order valence-electron chi connectivity index (χ2n) is 6.68. The highest BCUT2D eigenvalue weighted by molar-refractivity contribution is 7.84. The lowest BCUT2D eigenvalue weighted by Gasteiger charge is -2.33. The topological polar surface area (TPSA) is 59.5 Å². The molecule has 2 rings (SSSR count). The lowest BCUT2D eigenvalue weighted by molar-refractivity contribution is 0.0218. The Bertz CT molecular complexity index is 564. The number of nitrogens with zero attached hydrogens (tertiary/aromatic N) is 2. The van der Waals surface area contributed by atoms with Crippen LogP contribution < -0.4 is 0 Å². The fourth-order valence-electron chi connectivity index (χ4n) is 2.40. The lowest BCUT2D eigenvalue weighted by Crippen LogP contribution is -2.43. The average molecular weight is 359 g/mol. The summed E-state index contributed by atoms with van der Waals surface area (Å²) < 4.78 is 17.8. The number of amides is 1. The maximum Gasteiger partial charge on any atom is 0.410 e. The molecule has 7 heteroatoms. The first-order chi connectivity index (χ1) is 10.7. The van der Waals surface area contributed by atoms with Crippen LogP contribution in [-0.2, 0) is 21.3 Å². The molecule has 0 spiro atoms. The number of rotatable bonds is 3. The molecular formula is C16H23ClN2O3S. The molecule has 2 heterocycles. The van der Waals surface area contributed by atoms with E-state index in [-0.39, 0.29) is 11.3 Å². The van der Waals surface area contributed by atoms with Crippen molar-refractivity contribution in [3.63, 3.8) is 0 Å². The van der Waals surface area contributed by atoms with E-state index < -0.39 is 16.4 Å². The van der Waals surface area contributed by atoms with Crippen LogP contribution in [0.15, 0.2) is 18.3 Å². The van der Waals surface area contributed by atoms with Gasteiger partial charge in [0.05, 0.1) is 5.75 Å². The van der Waals surface area contributed by atoms with Gasteiger partial charge in [0.25, 0.3) is 0 Å². The first-order valence-electron chi connectivity index (χ1n) is 7.70. The van der Waals surface area contributed by atoms with Crippen LogP contribution >= 0.6 is 11.6 Å². The van der Waals surface area contributed by atoms with E-state index >= 15 is 0 Å². The highest BCUT2D eigenvalue weighted by Gasteiger charge is 2.29. The fraction of sp³-hybridized carbons (Fsp3) is 0.625. The molecular weight excluding hydrogens is 336 g/mol. The van der Waals surface area contributed by atoms with E-state index in [1.807, 2.05) is 26.8 Å². The van der Waals surface area contributed by atoms with Gasteiger partial charge in [-0.3, -0.25) is 4.21 Å². The molecule has 0 aromatic carbocycles. The number of aromatic nitrogens is 1. The van der Waals surface area contributed by atoms with E-state index in [9.17, 15) is 9.00 Å². The molecule has 1 aliphatic heterocycles. The first kappa shape index (κ1) is 18.2. The average Bonchev–Trinajstić information content (AvgIpc) is 2.48. The third-order valence-corrected chi connectivity index (χ3v) is 5.62. The third kappa shape index (κ3) is 5.77. The Morgan fingerprint density at radius 2 is 2.04 bits per heavy atom. The summed E-state index contributed by atoms with van der Waals surface area (Å²) in [5, 5.41) is 0.537. The zero-order chi connectivity index (χ0) is 17.0. The second-order valence-corrected chi connectivity index (χ2v) is 8.79. The van der Waals surface area contributed by atoms with Gasteiger partial charge in [-0.25, -0.2) is 9.78 Å². The Morgan fingerprint density at radius 1 is 1.39 bits per heavy atom. The van der Waals surface area contributed by atoms with Crippen molar-refractivity contribution in [3.8, 4) is 0 Å². The predicted octanol–water partition coefficient (Wildman–Crippen LogP) is 3.38. The van der Waals surface area contributed by atoms with E-state index in [1.54, 1.807) is 17.2 Å². The van der Waals surface area contributed by atoms with Gasteiger partial charge in [-0.15, -0.1) is 0 Å². The van der Waals surface area contributed by atoms with Crippen molar-refractivity contribution in [2.45, 2.75) is 50.2 Å². The summed E-state index contributed by atoms with van der Waals surface area (Å²) in [6.45, 7) is 6.74. The van der Waals surface area contributed by atoms with Crippen molar-refractivity contribution in [3.05, 3.63) is 29.0 Å². The van der Waals surface area contributed by atoms with Gasteiger partial charge in [0, 0.05) is 35.3 Å². The number of pyridine rings is 1. The molecule has 1 amide bonds. The standard InChI is InChI=1S/C16H23ClN2O3S/c1-16(2,3)22-15(20)19-8-6-13(7-9-19)23(21)11-12-4-5-14(17)18-10-12/h4-5,10,13H,6-9,11H2,1-3H3. The van der Waals surface area contributed by atoms with Crippen LogP contribution in [0.4, 0.5) is 4.79 Å². The smallest absolute Gasteiger partial charge is 0.410 e. The van der Waals surface area contributed by atoms with Crippen LogP contribution in [0.3, 0.4) is 0 Å². The highest BCUT2D eigenvalue weighted by Crippen LogP contribution is 2.20. The molecule has 1 aromatic rings. The molecule has 128 valence electrons. The number of halogens is 1. The molecule has 23 heavy (non-hydrogen) atoms. The van der Waals surface area contributed by atoms with Crippen LogP contribution in [0, 0.1) is 0 Å². The summed E-state index contributed by atoms with van der Waals surface area (Å²) in [6, 6.07) is 3.56. The summed E-state index contributed by atoms with van der Waals surface area (Å²) in [7, 11) is -0.973. The van der Waals surface area contributed by atoms with Crippen molar-refractivity contribution >= 4 is 28.5 Å². The van der Waals surface area contributed by atoms with Crippen molar-refractivity contribution in [1.29, 1.82) is 0 Å². The predicted molar refractivity (Wildman–Crippen MR) is 91.9 cm³/mol. The lowest BCUT2D eigenvalue weighted by atomic mass is 10.1. The van der Waals surface area contributed by atoms with Crippen molar-refractivity contribution in [1.82, 2.24) is 9.88 Å². The van der Waals surface area contributed by atoms with E-state index in [1.165, 1.54) is 0 Å². The van der Waals surface area contributed by atoms with E-state index in [4.69, 9.17) is 16.3 Å². The van der Waals surface area contributed by atoms with Crippen LogP contribution in [0.5, 0.6) is 0 Å². The summed E-state index contributed by atoms with van der Waals surface area (Å²) >= 11 is 5.75. The maximum atomic E-state index is 12.5. The number of carbonyl (C=O) groups is 1. The summed E-state index contributed by atoms with van der Waals surface area (Å²) in [6.07, 6.45) is 2.83. The molecule has 0 aliphatic carbocycles. The third-order valence-electron chi connectivity index (χ3n) is 3.56. The molecule has 1 saturated heterocycles. The zero-order valence-corrected chi connectivity index (χ0v) is 15.3. The molecule has 0 N–H and O–H groups in total. The Hall–Kier alpha value is -1.14. The van der Waals surface area contributed by atoms with Gasteiger partial charge >= 0.3 is 6.09 Å². The van der Waals surface area contributed by atoms with Gasteiger partial charge < -0.3 is 9.64 Å². The normalized spacial score (nSPS) is 17.8. The molecule has 1 fully saturated rings. The highest BCUT2D eigenvalue weighted by atomic mass is 35.5. The van der Waals surface area contributed by atoms with Crippen molar-refractivity contribution in [2.24, 2.45) is 0 Å². The minimum atomic E-state index is -0.973. The second kappa shape index (κ2) is 7.62. The zero-order valence-electron chi connectivity index (χ0n) is 13.8. The molecule has 1 unspecified atom stereocenters. The maximum absolute atomic E-state index is 12.5. The number of hydrogen-bond donors (Lipinski definition) is 0. The number of piperidine rings is 1. The number of hydrogen-bond acceptors (Lipinski definition) is 4. The fourth-order valence-corrected chi connectivity index (χ4v) is 3.99. The summed E-state index contributed by atoms with van der Waals surface area (Å²) in [5.41, 5.74) is 0.431. The Balaban J connectivity index is 1.83. The molecule has 1 aliphatic rings. The van der Waals surface area contributed by atoms with E-state index in [2.05, 4.69) is 4.98 Å². The number of ether oxygens (including phenoxy) is 1. The molecule has 0 radical (unpaired) electrons. The summed E-state index contributed by atoms with van der Waals surface area (Å²) in [4.78, 5) is 17.7. The van der Waals surface area contributed by atoms with Gasteiger partial charge in [0.15, 0.2) is 0 Å². The van der Waals surface area contributed by atoms with Gasteiger partial charge in [0.1, 0.15) is 10.8 Å². The monoisotopic (exact) mass is 358 g/mol.